The van der Waals surface area contributed by atoms with E-state index in [0.717, 1.165) is 51.0 Å². The molecule has 0 aliphatic carbocycles. The Morgan fingerprint density at radius 3 is 2.42 bits per heavy atom. The van der Waals surface area contributed by atoms with Crippen LogP contribution in [0.3, 0.4) is 0 Å². The molecule has 166 valence electrons. The second kappa shape index (κ2) is 9.79. The van der Waals surface area contributed by atoms with Crippen molar-refractivity contribution in [2.75, 3.05) is 0 Å². The Hall–Kier alpha value is -3.77. The summed E-state index contributed by atoms with van der Waals surface area (Å²) in [6.07, 6.45) is 0.870. The smallest absolute Gasteiger partial charge is 0.180 e. The number of rotatable bonds is 6. The van der Waals surface area contributed by atoms with Gasteiger partial charge in [-0.05, 0) is 52.1 Å². The number of aromatic amines is 1. The zero-order valence-corrected chi connectivity index (χ0v) is 19.3. The fourth-order valence-electron chi connectivity index (χ4n) is 3.93. The summed E-state index contributed by atoms with van der Waals surface area (Å²) in [5, 5.41) is 15.4. The predicted octanol–water partition coefficient (Wildman–Crippen LogP) is 5.95. The first kappa shape index (κ1) is 22.4. The van der Waals surface area contributed by atoms with Crippen LogP contribution in [0.4, 0.5) is 0 Å². The number of aryl methyl sites for hydroxylation is 2. The molecule has 0 radical (unpaired) electrons. The van der Waals surface area contributed by atoms with Gasteiger partial charge in [0, 0.05) is 22.7 Å². The fourth-order valence-corrected chi connectivity index (χ4v) is 3.93. The summed E-state index contributed by atoms with van der Waals surface area (Å²) in [6.45, 7) is 4.70. The van der Waals surface area contributed by atoms with Crippen molar-refractivity contribution in [1.29, 1.82) is 0 Å². The highest BCUT2D eigenvalue weighted by molar-refractivity contribution is 5.88. The maximum absolute atomic E-state index is 6.29. The summed E-state index contributed by atoms with van der Waals surface area (Å²) in [5.74, 6) is 1.54. The maximum atomic E-state index is 6.29. The minimum atomic E-state index is 0. The van der Waals surface area contributed by atoms with Gasteiger partial charge in [-0.1, -0.05) is 67.6 Å². The summed E-state index contributed by atoms with van der Waals surface area (Å²) < 4.78 is 6.29. The second-order valence-electron chi connectivity index (χ2n) is 7.72. The van der Waals surface area contributed by atoms with Gasteiger partial charge in [0.25, 0.3) is 0 Å². The topological polar surface area (TPSA) is 76.6 Å². The molecule has 0 amide bonds. The molecular weight excluding hydrogens is 434 g/mol. The highest BCUT2D eigenvalue weighted by Crippen LogP contribution is 2.31. The molecule has 0 saturated carbocycles. The first-order valence-corrected chi connectivity index (χ1v) is 10.7. The minimum absolute atomic E-state index is 0. The number of aromatic nitrogens is 5. The highest BCUT2D eigenvalue weighted by atomic mass is 35.5. The van der Waals surface area contributed by atoms with Crippen molar-refractivity contribution in [2.24, 2.45) is 0 Å². The number of ether oxygens (including phenoxy) is 1. The summed E-state index contributed by atoms with van der Waals surface area (Å²) in [6, 6.07) is 24.7. The van der Waals surface area contributed by atoms with E-state index in [1.54, 1.807) is 0 Å². The minimum Gasteiger partial charge on any atom is -0.488 e. The number of hydrogen-bond donors (Lipinski definition) is 1. The Kier molecular flexibility index (Phi) is 6.66. The molecule has 1 N–H and O–H groups in total. The van der Waals surface area contributed by atoms with Crippen molar-refractivity contribution in [3.05, 3.63) is 89.6 Å². The third-order valence-corrected chi connectivity index (χ3v) is 5.61. The van der Waals surface area contributed by atoms with Crippen LogP contribution in [0.25, 0.3) is 33.4 Å². The Balaban J connectivity index is 0.00000259. The van der Waals surface area contributed by atoms with Gasteiger partial charge in [0.2, 0.25) is 0 Å². The van der Waals surface area contributed by atoms with Gasteiger partial charge in [0.1, 0.15) is 12.4 Å². The molecule has 2 heterocycles. The van der Waals surface area contributed by atoms with Crippen LogP contribution >= 0.6 is 12.4 Å². The molecule has 5 rings (SSSR count). The largest absolute Gasteiger partial charge is 0.488 e. The zero-order chi connectivity index (χ0) is 21.9. The van der Waals surface area contributed by atoms with Crippen LogP contribution in [0, 0.1) is 6.92 Å². The van der Waals surface area contributed by atoms with Gasteiger partial charge >= 0.3 is 0 Å². The average Bonchev–Trinajstić information content (AvgIpc) is 3.38. The lowest BCUT2D eigenvalue weighted by atomic mass is 9.98. The van der Waals surface area contributed by atoms with E-state index in [2.05, 4.69) is 76.9 Å². The summed E-state index contributed by atoms with van der Waals surface area (Å²) in [5.41, 5.74) is 7.42. The molecule has 6 nitrogen and oxygen atoms in total. The molecule has 2 aromatic heterocycles. The number of H-pyrrole nitrogens is 1. The van der Waals surface area contributed by atoms with E-state index in [-0.39, 0.29) is 12.4 Å². The van der Waals surface area contributed by atoms with E-state index in [9.17, 15) is 0 Å². The summed E-state index contributed by atoms with van der Waals surface area (Å²) in [7, 11) is 0. The number of halogens is 1. The van der Waals surface area contributed by atoms with Crippen LogP contribution in [0.1, 0.15) is 23.7 Å². The molecule has 0 atom stereocenters. The lowest BCUT2D eigenvalue weighted by Crippen LogP contribution is -1.99. The molecule has 7 heteroatoms. The molecule has 5 aromatic rings. The predicted molar refractivity (Wildman–Crippen MR) is 132 cm³/mol. The average molecular weight is 458 g/mol. The normalized spacial score (nSPS) is 10.7. The Bertz CT molecular complexity index is 1370. The number of hydrogen-bond acceptors (Lipinski definition) is 5. The molecule has 3 aromatic carbocycles. The Morgan fingerprint density at radius 1 is 0.909 bits per heavy atom. The van der Waals surface area contributed by atoms with Crippen molar-refractivity contribution >= 4 is 23.3 Å². The van der Waals surface area contributed by atoms with Crippen LogP contribution in [-0.2, 0) is 13.0 Å². The van der Waals surface area contributed by atoms with E-state index in [0.29, 0.717) is 12.4 Å². The number of nitrogens with zero attached hydrogens (tertiary/aromatic N) is 4. The molecule has 0 unspecified atom stereocenters. The van der Waals surface area contributed by atoms with Gasteiger partial charge < -0.3 is 4.74 Å². The Labute approximate surface area is 198 Å². The highest BCUT2D eigenvalue weighted by Gasteiger charge is 2.11. The van der Waals surface area contributed by atoms with Gasteiger partial charge in [-0.25, -0.2) is 5.10 Å². The molecule has 0 fully saturated rings. The number of nitrogens with one attached hydrogen (secondary N) is 1. The van der Waals surface area contributed by atoms with Gasteiger partial charge in [-0.2, -0.15) is 0 Å². The monoisotopic (exact) mass is 457 g/mol. The van der Waals surface area contributed by atoms with Crippen LogP contribution in [-0.4, -0.2) is 25.6 Å². The Morgan fingerprint density at radius 2 is 1.70 bits per heavy atom. The third-order valence-electron chi connectivity index (χ3n) is 5.61. The molecule has 0 saturated heterocycles. The number of tetrazole rings is 1. The van der Waals surface area contributed by atoms with Crippen molar-refractivity contribution in [3.63, 3.8) is 0 Å². The van der Waals surface area contributed by atoms with Crippen LogP contribution in [0.15, 0.2) is 72.8 Å². The van der Waals surface area contributed by atoms with E-state index in [1.165, 1.54) is 5.56 Å². The van der Waals surface area contributed by atoms with Crippen LogP contribution < -0.4 is 4.74 Å². The van der Waals surface area contributed by atoms with Crippen LogP contribution in [0.2, 0.25) is 0 Å². The standard InChI is InChI=1S/C26H23N5O.ClH/c1-3-20-15-24(25-17(2)7-6-10-23(25)27-20)32-16-18-11-13-19(14-12-18)21-8-4-5-9-22(21)26-28-30-31-29-26;/h4-15H,3,16H2,1-2H3,(H,28,29,30,31);1H. The lowest BCUT2D eigenvalue weighted by Gasteiger charge is -2.13. The molecule has 0 aliphatic rings. The van der Waals surface area contributed by atoms with Gasteiger partial charge in [0.05, 0.1) is 5.52 Å². The van der Waals surface area contributed by atoms with Crippen molar-refractivity contribution in [1.82, 2.24) is 25.6 Å². The van der Waals surface area contributed by atoms with Gasteiger partial charge in [-0.15, -0.1) is 17.5 Å². The molecule has 0 spiro atoms. The molecular formula is C26H24ClN5O. The lowest BCUT2D eigenvalue weighted by molar-refractivity contribution is 0.309. The third kappa shape index (κ3) is 4.56. The van der Waals surface area contributed by atoms with E-state index in [1.807, 2.05) is 30.3 Å². The maximum Gasteiger partial charge on any atom is 0.180 e. The fraction of sp³-hybridized carbons (Fsp3) is 0.154. The van der Waals surface area contributed by atoms with Crippen LogP contribution in [0.5, 0.6) is 5.75 Å². The van der Waals surface area contributed by atoms with E-state index in [4.69, 9.17) is 9.72 Å². The van der Waals surface area contributed by atoms with E-state index < -0.39 is 0 Å². The molecule has 0 aliphatic heterocycles. The van der Waals surface area contributed by atoms with Crippen molar-refractivity contribution in [2.45, 2.75) is 26.9 Å². The SMILES string of the molecule is CCc1cc(OCc2ccc(-c3ccccc3-c3nnn[nH]3)cc2)c2c(C)cccc2n1.Cl. The van der Waals surface area contributed by atoms with E-state index >= 15 is 0 Å². The summed E-state index contributed by atoms with van der Waals surface area (Å²) >= 11 is 0. The molecule has 33 heavy (non-hydrogen) atoms. The zero-order valence-electron chi connectivity index (χ0n) is 18.4. The molecule has 0 bridgehead atoms. The second-order valence-corrected chi connectivity index (χ2v) is 7.72. The first-order chi connectivity index (χ1) is 15.7. The number of fused-ring (bicyclic) bond motifs is 1. The summed E-state index contributed by atoms with van der Waals surface area (Å²) in [4.78, 5) is 4.75. The van der Waals surface area contributed by atoms with Crippen molar-refractivity contribution < 1.29 is 4.74 Å². The van der Waals surface area contributed by atoms with Crippen molar-refractivity contribution in [3.8, 4) is 28.3 Å². The quantitative estimate of drug-likeness (QED) is 0.340. The van der Waals surface area contributed by atoms with Gasteiger partial charge in [0.15, 0.2) is 5.82 Å². The van der Waals surface area contributed by atoms with Gasteiger partial charge in [-0.3, -0.25) is 4.98 Å². The number of benzene rings is 3. The first-order valence-electron chi connectivity index (χ1n) is 10.7. The number of pyridine rings is 1.